The molecule has 1 aromatic carbocycles. The number of aliphatic hydroxyl groups excluding tert-OH is 1. The minimum atomic E-state index is -0.199. The average Bonchev–Trinajstić information content (AvgIpc) is 3.29. The van der Waals surface area contributed by atoms with Crippen LogP contribution < -0.4 is 10.1 Å². The van der Waals surface area contributed by atoms with Gasteiger partial charge < -0.3 is 15.2 Å². The number of hydrogen-bond acceptors (Lipinski definition) is 4. The molecular formula is C36H57NO3. The van der Waals surface area contributed by atoms with Gasteiger partial charge in [-0.3, -0.25) is 4.79 Å². The van der Waals surface area contributed by atoms with Gasteiger partial charge in [-0.15, -0.1) is 0 Å². The summed E-state index contributed by atoms with van der Waals surface area (Å²) in [4.78, 5) is 12.3. The summed E-state index contributed by atoms with van der Waals surface area (Å²) < 4.78 is 6.47. The van der Waals surface area contributed by atoms with Gasteiger partial charge in [-0.25, -0.2) is 0 Å². The first kappa shape index (κ1) is 30.1. The van der Waals surface area contributed by atoms with E-state index in [0.717, 1.165) is 75.5 Å². The molecule has 40 heavy (non-hydrogen) atoms. The smallest absolute Gasteiger partial charge is 0.133 e. The molecule has 4 saturated carbocycles. The highest BCUT2D eigenvalue weighted by Crippen LogP contribution is 2.66. The lowest BCUT2D eigenvalue weighted by molar-refractivity contribution is -0.145. The van der Waals surface area contributed by atoms with E-state index in [4.69, 9.17) is 4.74 Å². The normalized spacial score (nSPS) is 36.1. The molecule has 0 radical (unpaired) electrons. The number of nitrogens with one attached hydrogen (secondary N) is 1. The lowest BCUT2D eigenvalue weighted by Gasteiger charge is -2.60. The van der Waals surface area contributed by atoms with Gasteiger partial charge in [0.1, 0.15) is 11.5 Å². The van der Waals surface area contributed by atoms with Crippen molar-refractivity contribution < 1.29 is 14.6 Å². The SMILES string of the molecule is CCC[C@@H](NCC(CC)CC)c1cccc(OCC[C@]23CCC4C(CCC5CC(=O)CC[C@@]54C)C2CC[C@@H]3O)c1. The van der Waals surface area contributed by atoms with Crippen LogP contribution in [0.15, 0.2) is 24.3 Å². The number of benzene rings is 1. The predicted molar refractivity (Wildman–Crippen MR) is 163 cm³/mol. The second kappa shape index (κ2) is 12.9. The Kier molecular flexibility index (Phi) is 9.67. The molecule has 1 aromatic rings. The molecule has 4 aliphatic rings. The average molecular weight is 552 g/mol. The van der Waals surface area contributed by atoms with Crippen molar-refractivity contribution in [3.05, 3.63) is 29.8 Å². The molecule has 2 N–H and O–H groups in total. The first-order valence-corrected chi connectivity index (χ1v) is 17.0. The molecule has 4 unspecified atom stereocenters. The van der Waals surface area contributed by atoms with Crippen LogP contribution in [0.2, 0.25) is 0 Å². The third-order valence-electron chi connectivity index (χ3n) is 12.6. The van der Waals surface area contributed by atoms with Crippen molar-refractivity contribution in [3.8, 4) is 5.75 Å². The van der Waals surface area contributed by atoms with Crippen molar-refractivity contribution >= 4 is 5.78 Å². The molecule has 4 heteroatoms. The highest BCUT2D eigenvalue weighted by molar-refractivity contribution is 5.79. The van der Waals surface area contributed by atoms with Crippen LogP contribution in [-0.4, -0.2) is 30.1 Å². The molecule has 0 spiro atoms. The Morgan fingerprint density at radius 3 is 2.65 bits per heavy atom. The fraction of sp³-hybridized carbons (Fsp3) is 0.806. The zero-order valence-electron chi connectivity index (χ0n) is 25.9. The highest BCUT2D eigenvalue weighted by atomic mass is 16.5. The molecule has 4 nitrogen and oxygen atoms in total. The van der Waals surface area contributed by atoms with Crippen LogP contribution in [0.25, 0.3) is 0 Å². The summed E-state index contributed by atoms with van der Waals surface area (Å²) in [5.74, 6) is 4.82. The molecule has 0 bridgehead atoms. The Bertz CT molecular complexity index is 990. The molecule has 8 atom stereocenters. The third-order valence-corrected chi connectivity index (χ3v) is 12.6. The quantitative estimate of drug-likeness (QED) is 0.274. The number of hydrogen-bond donors (Lipinski definition) is 2. The lowest BCUT2D eigenvalue weighted by atomic mass is 9.44. The van der Waals surface area contributed by atoms with Gasteiger partial charge in [0, 0.05) is 24.3 Å². The van der Waals surface area contributed by atoms with E-state index in [1.54, 1.807) is 0 Å². The predicted octanol–water partition coefficient (Wildman–Crippen LogP) is 8.28. The van der Waals surface area contributed by atoms with E-state index < -0.39 is 0 Å². The van der Waals surface area contributed by atoms with E-state index in [9.17, 15) is 9.90 Å². The first-order valence-electron chi connectivity index (χ1n) is 17.0. The molecule has 5 rings (SSSR count). The van der Waals surface area contributed by atoms with Gasteiger partial charge in [0.2, 0.25) is 0 Å². The van der Waals surface area contributed by atoms with Crippen LogP contribution >= 0.6 is 0 Å². The van der Waals surface area contributed by atoms with Gasteiger partial charge in [0.25, 0.3) is 0 Å². The molecule has 224 valence electrons. The second-order valence-electron chi connectivity index (χ2n) is 14.4. The van der Waals surface area contributed by atoms with Crippen LogP contribution in [0.5, 0.6) is 5.75 Å². The Labute approximate surface area is 244 Å². The summed E-state index contributed by atoms with van der Waals surface area (Å²) >= 11 is 0. The lowest BCUT2D eigenvalue weighted by Crippen LogP contribution is -2.55. The van der Waals surface area contributed by atoms with Crippen molar-refractivity contribution in [3.63, 3.8) is 0 Å². The molecule has 0 saturated heterocycles. The van der Waals surface area contributed by atoms with E-state index in [0.29, 0.717) is 41.6 Å². The van der Waals surface area contributed by atoms with E-state index in [-0.39, 0.29) is 11.5 Å². The van der Waals surface area contributed by atoms with Crippen LogP contribution in [0.3, 0.4) is 0 Å². The van der Waals surface area contributed by atoms with Crippen molar-refractivity contribution in [1.82, 2.24) is 5.32 Å². The van der Waals surface area contributed by atoms with Crippen LogP contribution in [-0.2, 0) is 4.79 Å². The maximum Gasteiger partial charge on any atom is 0.133 e. The number of ketones is 1. The van der Waals surface area contributed by atoms with E-state index in [1.807, 2.05) is 0 Å². The zero-order valence-corrected chi connectivity index (χ0v) is 25.9. The third kappa shape index (κ3) is 5.78. The Balaban J connectivity index is 1.23. The fourth-order valence-corrected chi connectivity index (χ4v) is 10.0. The Morgan fingerprint density at radius 1 is 1.05 bits per heavy atom. The number of Topliss-reactive ketones (excluding diaryl/α,β-unsaturated/α-hetero) is 1. The van der Waals surface area contributed by atoms with Gasteiger partial charge in [-0.2, -0.15) is 0 Å². The van der Waals surface area contributed by atoms with Crippen molar-refractivity contribution in [1.29, 1.82) is 0 Å². The maximum absolute atomic E-state index is 12.3. The standard InChI is InChI=1S/C36H57NO3/c1-5-9-33(37-24-25(6-2)7-3)26-10-8-11-29(22-26)40-21-20-36-19-17-31-30(32(36)14-15-34(36)39)13-12-27-23-28(38)16-18-35(27,31)4/h8,10-11,22,25,27,30-34,37,39H,5-7,9,12-21,23-24H2,1-4H3/t27?,30?,31?,32?,33-,34+,35+,36-/m1/s1. The number of carbonyl (C=O) groups excluding carboxylic acids is 1. The van der Waals surface area contributed by atoms with Gasteiger partial charge in [0.05, 0.1) is 12.7 Å². The number of rotatable bonds is 12. The van der Waals surface area contributed by atoms with Gasteiger partial charge >= 0.3 is 0 Å². The molecular weight excluding hydrogens is 494 g/mol. The van der Waals surface area contributed by atoms with E-state index in [1.165, 1.54) is 44.1 Å². The zero-order chi connectivity index (χ0) is 28.3. The summed E-state index contributed by atoms with van der Waals surface area (Å²) in [5, 5.41) is 15.3. The summed E-state index contributed by atoms with van der Waals surface area (Å²) in [6.45, 7) is 11.1. The van der Waals surface area contributed by atoms with Gasteiger partial charge in [-0.05, 0) is 117 Å². The molecule has 0 heterocycles. The molecule has 0 aliphatic heterocycles. The number of aliphatic hydroxyl groups is 1. The second-order valence-corrected chi connectivity index (χ2v) is 14.4. The van der Waals surface area contributed by atoms with E-state index >= 15 is 0 Å². The number of carbonyl (C=O) groups is 1. The molecule has 4 aliphatic carbocycles. The number of fused-ring (bicyclic) bond motifs is 5. The van der Waals surface area contributed by atoms with Gasteiger partial charge in [0.15, 0.2) is 0 Å². The Hall–Kier alpha value is -1.39. The summed E-state index contributed by atoms with van der Waals surface area (Å²) in [6, 6.07) is 9.13. The van der Waals surface area contributed by atoms with Crippen LogP contribution in [0.4, 0.5) is 0 Å². The maximum atomic E-state index is 12.3. The topological polar surface area (TPSA) is 58.6 Å². The molecule has 0 aromatic heterocycles. The summed E-state index contributed by atoms with van der Waals surface area (Å²) in [7, 11) is 0. The fourth-order valence-electron chi connectivity index (χ4n) is 10.0. The van der Waals surface area contributed by atoms with Crippen molar-refractivity contribution in [2.75, 3.05) is 13.2 Å². The highest BCUT2D eigenvalue weighted by Gasteiger charge is 2.61. The van der Waals surface area contributed by atoms with Crippen LogP contribution in [0.1, 0.15) is 129 Å². The summed E-state index contributed by atoms with van der Waals surface area (Å²) in [5.41, 5.74) is 1.66. The minimum absolute atomic E-state index is 0.00801. The van der Waals surface area contributed by atoms with E-state index in [2.05, 4.69) is 57.3 Å². The van der Waals surface area contributed by atoms with Crippen molar-refractivity contribution in [2.45, 2.75) is 130 Å². The number of ether oxygens (including phenoxy) is 1. The van der Waals surface area contributed by atoms with Gasteiger partial charge in [-0.1, -0.05) is 59.1 Å². The van der Waals surface area contributed by atoms with Crippen molar-refractivity contribution in [2.24, 2.45) is 40.4 Å². The molecule has 4 fully saturated rings. The monoisotopic (exact) mass is 551 g/mol. The summed E-state index contributed by atoms with van der Waals surface area (Å²) in [6.07, 6.45) is 15.1. The molecule has 0 amide bonds. The Morgan fingerprint density at radius 2 is 1.88 bits per heavy atom. The minimum Gasteiger partial charge on any atom is -0.494 e. The largest absolute Gasteiger partial charge is 0.494 e. The van der Waals surface area contributed by atoms with Crippen LogP contribution in [0, 0.1) is 40.4 Å². The first-order chi connectivity index (χ1) is 19.3.